The standard InChI is InChI=1S/C15H15NO2/c17-16-15(14-9-5-2-6-10-14)12-18-11-13-7-3-1-4-8-13/h1-10,17H,11-12H2. The number of rotatable bonds is 5. The maximum absolute atomic E-state index is 8.98. The molecule has 0 atom stereocenters. The molecular weight excluding hydrogens is 226 g/mol. The zero-order valence-corrected chi connectivity index (χ0v) is 9.99. The van der Waals surface area contributed by atoms with Crippen LogP contribution in [0.15, 0.2) is 65.8 Å². The van der Waals surface area contributed by atoms with Crippen LogP contribution in [0.25, 0.3) is 0 Å². The topological polar surface area (TPSA) is 41.8 Å². The van der Waals surface area contributed by atoms with Crippen molar-refractivity contribution in [2.45, 2.75) is 6.61 Å². The van der Waals surface area contributed by atoms with Gasteiger partial charge in [-0.1, -0.05) is 65.8 Å². The maximum Gasteiger partial charge on any atom is 0.112 e. The third kappa shape index (κ3) is 3.43. The second-order valence-corrected chi connectivity index (χ2v) is 3.89. The second-order valence-electron chi connectivity index (χ2n) is 3.89. The molecule has 0 aliphatic carbocycles. The lowest BCUT2D eigenvalue weighted by atomic mass is 10.1. The van der Waals surface area contributed by atoms with Gasteiger partial charge in [-0.2, -0.15) is 0 Å². The third-order valence-corrected chi connectivity index (χ3v) is 2.58. The number of ether oxygens (including phenoxy) is 1. The van der Waals surface area contributed by atoms with Crippen molar-refractivity contribution in [2.24, 2.45) is 5.16 Å². The Morgan fingerprint density at radius 3 is 2.17 bits per heavy atom. The lowest BCUT2D eigenvalue weighted by Gasteiger charge is -2.06. The predicted molar refractivity (Wildman–Crippen MR) is 70.9 cm³/mol. The molecule has 0 aliphatic rings. The van der Waals surface area contributed by atoms with E-state index in [2.05, 4.69) is 5.16 Å². The van der Waals surface area contributed by atoms with E-state index >= 15 is 0 Å². The summed E-state index contributed by atoms with van der Waals surface area (Å²) in [6.45, 7) is 0.794. The fourth-order valence-electron chi connectivity index (χ4n) is 1.64. The molecule has 0 saturated carbocycles. The average Bonchev–Trinajstić information content (AvgIpc) is 2.46. The molecule has 2 aromatic rings. The van der Waals surface area contributed by atoms with Crippen molar-refractivity contribution < 1.29 is 9.94 Å². The molecule has 0 heterocycles. The Morgan fingerprint density at radius 2 is 1.56 bits per heavy atom. The van der Waals surface area contributed by atoms with Gasteiger partial charge in [-0.05, 0) is 5.56 Å². The molecular formula is C15H15NO2. The molecule has 0 fully saturated rings. The Balaban J connectivity index is 1.90. The predicted octanol–water partition coefficient (Wildman–Crippen LogP) is 3.08. The second kappa shape index (κ2) is 6.57. The zero-order chi connectivity index (χ0) is 12.6. The number of hydrogen-bond acceptors (Lipinski definition) is 3. The molecule has 2 aromatic carbocycles. The summed E-state index contributed by atoms with van der Waals surface area (Å²) in [6, 6.07) is 19.4. The van der Waals surface area contributed by atoms with Crippen LogP contribution < -0.4 is 0 Å². The molecule has 0 unspecified atom stereocenters. The van der Waals surface area contributed by atoms with Crippen LogP contribution in [0.1, 0.15) is 11.1 Å². The first-order chi connectivity index (χ1) is 8.90. The van der Waals surface area contributed by atoms with E-state index in [4.69, 9.17) is 9.94 Å². The van der Waals surface area contributed by atoms with E-state index in [1.165, 1.54) is 0 Å². The zero-order valence-electron chi connectivity index (χ0n) is 9.99. The van der Waals surface area contributed by atoms with E-state index in [1.807, 2.05) is 60.7 Å². The van der Waals surface area contributed by atoms with Gasteiger partial charge in [0.25, 0.3) is 0 Å². The summed E-state index contributed by atoms with van der Waals surface area (Å²) in [5, 5.41) is 12.3. The van der Waals surface area contributed by atoms with Crippen LogP contribution in [-0.4, -0.2) is 17.5 Å². The van der Waals surface area contributed by atoms with E-state index in [9.17, 15) is 0 Å². The van der Waals surface area contributed by atoms with Crippen molar-refractivity contribution in [1.29, 1.82) is 0 Å². The van der Waals surface area contributed by atoms with Gasteiger partial charge >= 0.3 is 0 Å². The van der Waals surface area contributed by atoms with Crippen LogP contribution in [0.2, 0.25) is 0 Å². The molecule has 0 bridgehead atoms. The lowest BCUT2D eigenvalue weighted by Crippen LogP contribution is -2.10. The summed E-state index contributed by atoms with van der Waals surface area (Å²) < 4.78 is 5.54. The Morgan fingerprint density at radius 1 is 0.944 bits per heavy atom. The third-order valence-electron chi connectivity index (χ3n) is 2.58. The normalized spacial score (nSPS) is 11.4. The number of nitrogens with zero attached hydrogens (tertiary/aromatic N) is 1. The minimum atomic E-state index is 0.287. The van der Waals surface area contributed by atoms with Gasteiger partial charge in [0.1, 0.15) is 5.71 Å². The summed E-state index contributed by atoms with van der Waals surface area (Å²) in [5.74, 6) is 0. The monoisotopic (exact) mass is 241 g/mol. The lowest BCUT2D eigenvalue weighted by molar-refractivity contribution is 0.155. The van der Waals surface area contributed by atoms with Gasteiger partial charge in [-0.15, -0.1) is 0 Å². The summed E-state index contributed by atoms with van der Waals surface area (Å²) in [7, 11) is 0. The van der Waals surface area contributed by atoms with E-state index < -0.39 is 0 Å². The quantitative estimate of drug-likeness (QED) is 0.496. The summed E-state index contributed by atoms with van der Waals surface area (Å²) in [4.78, 5) is 0. The highest BCUT2D eigenvalue weighted by atomic mass is 16.5. The first-order valence-corrected chi connectivity index (χ1v) is 5.78. The average molecular weight is 241 g/mol. The van der Waals surface area contributed by atoms with Crippen molar-refractivity contribution in [3.05, 3.63) is 71.8 Å². The Kier molecular flexibility index (Phi) is 4.50. The van der Waals surface area contributed by atoms with Gasteiger partial charge in [0.05, 0.1) is 13.2 Å². The smallest absolute Gasteiger partial charge is 0.112 e. The maximum atomic E-state index is 8.98. The van der Waals surface area contributed by atoms with Gasteiger partial charge < -0.3 is 9.94 Å². The van der Waals surface area contributed by atoms with E-state index in [1.54, 1.807) is 0 Å². The van der Waals surface area contributed by atoms with Crippen molar-refractivity contribution in [3.8, 4) is 0 Å². The van der Waals surface area contributed by atoms with E-state index in [0.29, 0.717) is 12.3 Å². The first-order valence-electron chi connectivity index (χ1n) is 5.78. The fourth-order valence-corrected chi connectivity index (χ4v) is 1.64. The highest BCUT2D eigenvalue weighted by Crippen LogP contribution is 2.04. The van der Waals surface area contributed by atoms with E-state index in [-0.39, 0.29) is 6.61 Å². The van der Waals surface area contributed by atoms with Crippen LogP contribution in [0.5, 0.6) is 0 Å². The van der Waals surface area contributed by atoms with Gasteiger partial charge in [-0.25, -0.2) is 0 Å². The molecule has 0 spiro atoms. The van der Waals surface area contributed by atoms with Crippen molar-refractivity contribution in [2.75, 3.05) is 6.61 Å². The molecule has 92 valence electrons. The van der Waals surface area contributed by atoms with Crippen LogP contribution in [0, 0.1) is 0 Å². The molecule has 0 amide bonds. The van der Waals surface area contributed by atoms with Crippen molar-refractivity contribution >= 4 is 5.71 Å². The van der Waals surface area contributed by atoms with Crippen LogP contribution >= 0.6 is 0 Å². The summed E-state index contributed by atoms with van der Waals surface area (Å²) in [5.41, 5.74) is 2.50. The molecule has 3 nitrogen and oxygen atoms in total. The summed E-state index contributed by atoms with van der Waals surface area (Å²) >= 11 is 0. The molecule has 0 aromatic heterocycles. The first kappa shape index (κ1) is 12.3. The van der Waals surface area contributed by atoms with Crippen LogP contribution in [0.4, 0.5) is 0 Å². The summed E-state index contributed by atoms with van der Waals surface area (Å²) in [6.07, 6.45) is 0. The van der Waals surface area contributed by atoms with Crippen LogP contribution in [0.3, 0.4) is 0 Å². The molecule has 3 heteroatoms. The largest absolute Gasteiger partial charge is 0.411 e. The van der Waals surface area contributed by atoms with Gasteiger partial charge in [0.2, 0.25) is 0 Å². The highest BCUT2D eigenvalue weighted by molar-refractivity contribution is 6.01. The molecule has 0 saturated heterocycles. The Labute approximate surface area is 106 Å². The highest BCUT2D eigenvalue weighted by Gasteiger charge is 2.03. The van der Waals surface area contributed by atoms with Crippen molar-refractivity contribution in [3.63, 3.8) is 0 Å². The number of hydrogen-bond donors (Lipinski definition) is 1. The number of oxime groups is 1. The fraction of sp³-hybridized carbons (Fsp3) is 0.133. The molecule has 2 rings (SSSR count). The van der Waals surface area contributed by atoms with Crippen LogP contribution in [-0.2, 0) is 11.3 Å². The minimum Gasteiger partial charge on any atom is -0.411 e. The Bertz CT molecular complexity index is 494. The van der Waals surface area contributed by atoms with Gasteiger partial charge in [0, 0.05) is 5.56 Å². The molecule has 0 radical (unpaired) electrons. The van der Waals surface area contributed by atoms with Gasteiger partial charge in [-0.3, -0.25) is 0 Å². The van der Waals surface area contributed by atoms with E-state index in [0.717, 1.165) is 11.1 Å². The molecule has 1 N–H and O–H groups in total. The number of benzene rings is 2. The molecule has 18 heavy (non-hydrogen) atoms. The Hall–Kier alpha value is -2.13. The van der Waals surface area contributed by atoms with Crippen molar-refractivity contribution in [1.82, 2.24) is 0 Å². The minimum absolute atomic E-state index is 0.287. The van der Waals surface area contributed by atoms with Gasteiger partial charge in [0.15, 0.2) is 0 Å². The SMILES string of the molecule is ON=C(COCc1ccccc1)c1ccccc1. The molecule has 0 aliphatic heterocycles.